The highest BCUT2D eigenvalue weighted by atomic mass is 19.4. The highest BCUT2D eigenvalue weighted by molar-refractivity contribution is 5.92. The summed E-state index contributed by atoms with van der Waals surface area (Å²) in [5.41, 5.74) is 5.11. The van der Waals surface area contributed by atoms with Gasteiger partial charge in [0.05, 0.1) is 0 Å². The second kappa shape index (κ2) is 9.16. The van der Waals surface area contributed by atoms with E-state index in [0.717, 1.165) is 6.20 Å². The van der Waals surface area contributed by atoms with Gasteiger partial charge < -0.3 is 21.2 Å². The fourth-order valence-corrected chi connectivity index (χ4v) is 0.600. The lowest BCUT2D eigenvalue weighted by Crippen LogP contribution is -2.27. The molecule has 4 N–H and O–H groups in total. The van der Waals surface area contributed by atoms with E-state index in [4.69, 9.17) is 25.5 Å². The van der Waals surface area contributed by atoms with Gasteiger partial charge in [0, 0.05) is 6.07 Å². The third-order valence-electron chi connectivity index (χ3n) is 1.54. The predicted octanol–water partition coefficient (Wildman–Crippen LogP) is 0.685. The van der Waals surface area contributed by atoms with Crippen molar-refractivity contribution in [3.63, 3.8) is 0 Å². The molecule has 0 aromatic carbocycles. The maximum atomic E-state index is 10.6. The Morgan fingerprint density at radius 3 is 1.50 bits per heavy atom. The Kier molecular flexibility index (Phi) is 8.86. The van der Waals surface area contributed by atoms with Crippen LogP contribution in [0.2, 0.25) is 0 Å². The van der Waals surface area contributed by atoms with Gasteiger partial charge in [0.2, 0.25) is 0 Å². The summed E-state index contributed by atoms with van der Waals surface area (Å²) >= 11 is 0. The molecule has 0 aliphatic carbocycles. The summed E-state index contributed by atoms with van der Waals surface area (Å²) < 4.78 is 64.0. The Hall–Kier alpha value is -3.06. The fourth-order valence-electron chi connectivity index (χ4n) is 0.600. The van der Waals surface area contributed by atoms with E-state index >= 15 is 0 Å². The maximum absolute atomic E-state index is 10.6. The third-order valence-corrected chi connectivity index (χ3v) is 1.54. The van der Waals surface area contributed by atoms with Crippen molar-refractivity contribution in [2.45, 2.75) is 12.4 Å². The smallest absolute Gasteiger partial charge is 0.490 e. The molecule has 1 aromatic heterocycles. The van der Waals surface area contributed by atoms with E-state index in [0.29, 0.717) is 4.73 Å². The van der Waals surface area contributed by atoms with Crippen LogP contribution in [0, 0.1) is 5.21 Å². The molecule has 1 aromatic rings. The summed E-state index contributed by atoms with van der Waals surface area (Å²) in [4.78, 5) is 28.2. The number of amides is 1. The van der Waals surface area contributed by atoms with Crippen LogP contribution in [0.3, 0.4) is 0 Å². The normalized spacial score (nSPS) is 10.4. The first kappa shape index (κ1) is 23.2. The Labute approximate surface area is 128 Å². The molecule has 0 radical (unpaired) electrons. The fraction of sp³-hybridized carbons (Fsp3) is 0.200. The van der Waals surface area contributed by atoms with E-state index in [1.54, 1.807) is 0 Å². The van der Waals surface area contributed by atoms with Crippen molar-refractivity contribution in [1.29, 1.82) is 0 Å². The molecule has 0 atom stereocenters. The van der Waals surface area contributed by atoms with Crippen LogP contribution in [0.4, 0.5) is 26.3 Å². The van der Waals surface area contributed by atoms with Gasteiger partial charge >= 0.3 is 24.3 Å². The minimum absolute atomic E-state index is 0.220. The zero-order chi connectivity index (χ0) is 19.7. The van der Waals surface area contributed by atoms with Gasteiger partial charge in [0.25, 0.3) is 5.91 Å². The molecule has 1 amide bonds. The second-order valence-electron chi connectivity index (χ2n) is 3.42. The number of rotatable bonds is 1. The Morgan fingerprint density at radius 2 is 1.33 bits per heavy atom. The molecule has 0 aliphatic heterocycles. The molecule has 0 bridgehead atoms. The molecule has 0 unspecified atom stereocenters. The first-order valence-corrected chi connectivity index (χ1v) is 5.18. The van der Waals surface area contributed by atoms with Gasteiger partial charge in [-0.1, -0.05) is 0 Å². The molecule has 1 heterocycles. The van der Waals surface area contributed by atoms with E-state index in [1.165, 1.54) is 18.3 Å². The van der Waals surface area contributed by atoms with Crippen molar-refractivity contribution in [1.82, 2.24) is 0 Å². The molecule has 0 spiro atoms. The molecule has 0 aliphatic rings. The first-order valence-electron chi connectivity index (χ1n) is 5.18. The summed E-state index contributed by atoms with van der Waals surface area (Å²) in [5, 5.41) is 24.8. The van der Waals surface area contributed by atoms with Gasteiger partial charge in [-0.25, -0.2) is 9.59 Å². The monoisotopic (exact) mass is 366 g/mol. The Morgan fingerprint density at radius 1 is 1.00 bits per heavy atom. The number of carbonyl (C=O) groups excluding carboxylic acids is 1. The second-order valence-corrected chi connectivity index (χ2v) is 3.42. The van der Waals surface area contributed by atoms with E-state index < -0.39 is 30.2 Å². The molecule has 136 valence electrons. The quantitative estimate of drug-likeness (QED) is 0.379. The standard InChI is InChI=1S/C6H6N2O2.2C2HF3O2/c7-6(9)5-2-1-3-8(10)4-5;2*3-2(4,5)1(6)7/h1-4H,(H2,7,9);2*(H,6,7). The number of carbonyl (C=O) groups is 3. The van der Waals surface area contributed by atoms with Crippen molar-refractivity contribution in [2.75, 3.05) is 0 Å². The SMILES string of the molecule is NC(=O)c1ccc[n+]([O-])c1.O=C(O)C(F)(F)F.O=C(O)C(F)(F)F. The van der Waals surface area contributed by atoms with Crippen LogP contribution in [0.5, 0.6) is 0 Å². The highest BCUT2D eigenvalue weighted by Gasteiger charge is 2.38. The summed E-state index contributed by atoms with van der Waals surface area (Å²) in [6.45, 7) is 0. The van der Waals surface area contributed by atoms with Crippen molar-refractivity contribution in [3.8, 4) is 0 Å². The number of carboxylic acid groups (broad SMARTS) is 2. The number of nitrogens with two attached hydrogens (primary N) is 1. The van der Waals surface area contributed by atoms with E-state index in [2.05, 4.69) is 0 Å². The van der Waals surface area contributed by atoms with Crippen LogP contribution in [-0.4, -0.2) is 40.4 Å². The Balaban J connectivity index is 0. The van der Waals surface area contributed by atoms with Gasteiger partial charge in [-0.05, 0) is 6.07 Å². The van der Waals surface area contributed by atoms with E-state index in [9.17, 15) is 36.3 Å². The van der Waals surface area contributed by atoms with Crippen LogP contribution in [0.25, 0.3) is 0 Å². The minimum Gasteiger partial charge on any atom is -0.619 e. The number of primary amides is 1. The van der Waals surface area contributed by atoms with Crippen LogP contribution in [-0.2, 0) is 9.59 Å². The number of aromatic nitrogens is 1. The van der Waals surface area contributed by atoms with Crippen molar-refractivity contribution in [3.05, 3.63) is 35.3 Å². The molecule has 1 rings (SSSR count). The van der Waals surface area contributed by atoms with E-state index in [1.807, 2.05) is 0 Å². The molecule has 0 fully saturated rings. The van der Waals surface area contributed by atoms with Crippen LogP contribution < -0.4 is 10.5 Å². The average molecular weight is 366 g/mol. The number of alkyl halides is 6. The number of hydrogen-bond acceptors (Lipinski definition) is 4. The predicted molar refractivity (Wildman–Crippen MR) is 61.3 cm³/mol. The Bertz CT molecular complexity index is 562. The van der Waals surface area contributed by atoms with Crippen molar-refractivity contribution >= 4 is 17.8 Å². The summed E-state index contributed by atoms with van der Waals surface area (Å²) in [6, 6.07) is 2.95. The largest absolute Gasteiger partial charge is 0.619 e. The maximum Gasteiger partial charge on any atom is 0.490 e. The highest BCUT2D eigenvalue weighted by Crippen LogP contribution is 2.13. The zero-order valence-corrected chi connectivity index (χ0v) is 11.1. The van der Waals surface area contributed by atoms with Crippen LogP contribution in [0.15, 0.2) is 24.5 Å². The molecule has 14 heteroatoms. The van der Waals surface area contributed by atoms with E-state index in [-0.39, 0.29) is 5.56 Å². The number of halogens is 6. The van der Waals surface area contributed by atoms with Crippen molar-refractivity contribution in [2.24, 2.45) is 5.73 Å². The minimum atomic E-state index is -5.08. The number of aliphatic carboxylic acids is 2. The van der Waals surface area contributed by atoms with Gasteiger partial charge in [-0.3, -0.25) is 4.79 Å². The summed E-state index contributed by atoms with van der Waals surface area (Å²) in [6.07, 6.45) is -7.76. The molecule has 0 saturated carbocycles. The van der Waals surface area contributed by atoms with Crippen LogP contribution >= 0.6 is 0 Å². The summed E-state index contributed by atoms with van der Waals surface area (Å²) in [7, 11) is 0. The summed E-state index contributed by atoms with van der Waals surface area (Å²) in [5.74, 6) is -6.11. The van der Waals surface area contributed by atoms with Crippen LogP contribution in [0.1, 0.15) is 10.4 Å². The van der Waals surface area contributed by atoms with Gasteiger partial charge in [-0.2, -0.15) is 31.1 Å². The molecular formula is C10H8F6N2O6. The molecule has 0 saturated heterocycles. The third kappa shape index (κ3) is 11.6. The number of nitrogens with zero attached hydrogens (tertiary/aromatic N) is 1. The van der Waals surface area contributed by atoms with Crippen molar-refractivity contribution < 1.29 is 55.7 Å². The average Bonchev–Trinajstić information content (AvgIpc) is 2.37. The molecule has 24 heavy (non-hydrogen) atoms. The molecule has 8 nitrogen and oxygen atoms in total. The first-order chi connectivity index (χ1) is 10.6. The number of hydrogen-bond donors (Lipinski definition) is 3. The topological polar surface area (TPSA) is 145 Å². The van der Waals surface area contributed by atoms with Gasteiger partial charge in [-0.15, -0.1) is 0 Å². The lowest BCUT2D eigenvalue weighted by atomic mass is 10.3. The number of carboxylic acids is 2. The molecular weight excluding hydrogens is 358 g/mol. The lowest BCUT2D eigenvalue weighted by molar-refractivity contribution is -0.605. The van der Waals surface area contributed by atoms with Gasteiger partial charge in [0.15, 0.2) is 12.4 Å². The zero-order valence-electron chi connectivity index (χ0n) is 11.1. The number of pyridine rings is 1. The van der Waals surface area contributed by atoms with Gasteiger partial charge in [0.1, 0.15) is 5.56 Å². The lowest BCUT2D eigenvalue weighted by Gasteiger charge is -1.94.